The van der Waals surface area contributed by atoms with Gasteiger partial charge in [-0.25, -0.2) is 9.48 Å². The fourth-order valence-corrected chi connectivity index (χ4v) is 12.4. The lowest BCUT2D eigenvalue weighted by Gasteiger charge is -2.42. The molecule has 1 fully saturated rings. The number of anilines is 1. The number of carbonyl (C=O) groups is 6. The zero-order valence-electron chi connectivity index (χ0n) is 50.7. The van der Waals surface area contributed by atoms with E-state index in [0.717, 1.165) is 6.07 Å². The van der Waals surface area contributed by atoms with Crippen molar-refractivity contribution in [3.05, 3.63) is 158 Å². The molecule has 3 amide bonds. The Labute approximate surface area is 534 Å². The fourth-order valence-electron chi connectivity index (χ4n) is 11.7. The van der Waals surface area contributed by atoms with Crippen LogP contribution < -0.4 is 35.5 Å². The standard InChI is InChI=1S/C63H64N8O22S/c1-31(92-62(81)67-42-24-51(91-32(2)56(42)75)93-47-27-63(82,49(73)30-72)26-40-53(47)60(79)55-54(58(40)77)57(76)38-11-6-13-44(88-3)52(38)59(55)78)39-23-45(89-4)46(25-43(39)71(83)84)90-22-8-15-50(74)66-28-34-29-70(69-68-34)35-18-16-33(17-19-35)61(80)65-21-20-64-41-12-5-10-37-36(41)9-7-14-48(37)94(85,86)87/h5-7,9-14,16-19,23,25,29,31-32,42,47,51,56,64,72,75,77,79,82H,8,15,20-22,24,26-28,30H2,1-4H3,(H,65,80)(H,66,74)(H,67,81)(H,85,86,87)/t31?,32-,42?,47?,51-,56+,63-/m0/s1. The molecule has 3 aliphatic rings. The third kappa shape index (κ3) is 13.7. The number of aliphatic hydroxyl groups excluding tert-OH is 2. The highest BCUT2D eigenvalue weighted by molar-refractivity contribution is 7.86. The van der Waals surface area contributed by atoms with E-state index >= 15 is 0 Å². The van der Waals surface area contributed by atoms with E-state index < -0.39 is 129 Å². The number of phenolic OH excluding ortho intramolecular Hbond substituents is 2. The van der Waals surface area contributed by atoms with E-state index in [4.69, 9.17) is 28.4 Å². The summed E-state index contributed by atoms with van der Waals surface area (Å²) in [6, 6.07) is 21.3. The molecule has 0 radical (unpaired) electrons. The Hall–Kier alpha value is -10.2. The molecule has 494 valence electrons. The predicted molar refractivity (Wildman–Crippen MR) is 328 cm³/mol. The lowest BCUT2D eigenvalue weighted by molar-refractivity contribution is -0.386. The SMILES string of the molecule is COc1cc(C(C)OC(=O)NC2C[C@H](OC3C[C@](O)(C(=O)CO)Cc4c(O)c5c(c(O)c43)C(=O)c3c(OC)cccc3C5=O)O[C@@H](C)[C@H]2O)c([N+](=O)[O-])cc1OCCCC(=O)NCc1cn(-c2ccc(C(=O)NCCNc3cccc4c(S(=O)(=O)O)cccc34)cc2)nn1. The van der Waals surface area contributed by atoms with Crippen molar-refractivity contribution in [3.63, 3.8) is 0 Å². The number of hydrogen-bond donors (Lipinski definition) is 10. The average molecular weight is 1320 g/mol. The van der Waals surface area contributed by atoms with Crippen LogP contribution in [0.3, 0.4) is 0 Å². The van der Waals surface area contributed by atoms with Crippen molar-refractivity contribution in [1.82, 2.24) is 30.9 Å². The number of rotatable bonds is 24. The number of ether oxygens (including phenoxy) is 6. The summed E-state index contributed by atoms with van der Waals surface area (Å²) in [5, 5.41) is 89.4. The molecular weight excluding hydrogens is 1250 g/mol. The molecule has 0 saturated carbocycles. The van der Waals surface area contributed by atoms with Gasteiger partial charge in [-0.05, 0) is 68.8 Å². The summed E-state index contributed by atoms with van der Waals surface area (Å²) in [5.41, 5.74) is -3.32. The van der Waals surface area contributed by atoms with Crippen LogP contribution in [0.2, 0.25) is 0 Å². The normalized spacial score (nSPS) is 19.4. The first-order chi connectivity index (χ1) is 44.8. The Bertz CT molecular complexity index is 4280. The molecular formula is C63H64N8O22S. The van der Waals surface area contributed by atoms with E-state index in [1.54, 1.807) is 54.7 Å². The molecule has 1 aromatic heterocycles. The van der Waals surface area contributed by atoms with Gasteiger partial charge in [-0.1, -0.05) is 41.6 Å². The van der Waals surface area contributed by atoms with Crippen LogP contribution in [-0.4, -0.2) is 164 Å². The summed E-state index contributed by atoms with van der Waals surface area (Å²) in [6.07, 6.45) is -8.20. The van der Waals surface area contributed by atoms with Gasteiger partial charge in [-0.3, -0.25) is 38.6 Å². The number of nitro benzene ring substituents is 1. The number of aromatic hydroxyl groups is 2. The zero-order valence-corrected chi connectivity index (χ0v) is 51.5. The Kier molecular flexibility index (Phi) is 19.6. The van der Waals surface area contributed by atoms with Crippen molar-refractivity contribution >= 4 is 67.5 Å². The topological polar surface area (TPSA) is 435 Å². The number of ketones is 3. The second-order valence-corrected chi connectivity index (χ2v) is 23.7. The van der Waals surface area contributed by atoms with Gasteiger partial charge in [0.2, 0.25) is 11.7 Å². The molecule has 0 bridgehead atoms. The van der Waals surface area contributed by atoms with Crippen LogP contribution in [0.1, 0.15) is 116 Å². The molecule has 10 rings (SSSR count). The van der Waals surface area contributed by atoms with Gasteiger partial charge < -0.3 is 75.2 Å². The van der Waals surface area contributed by atoms with Crippen molar-refractivity contribution in [2.45, 2.75) is 99.7 Å². The number of carbonyl (C=O) groups excluding carboxylic acids is 6. The van der Waals surface area contributed by atoms with Crippen molar-refractivity contribution in [2.24, 2.45) is 0 Å². The largest absolute Gasteiger partial charge is 0.507 e. The maximum absolute atomic E-state index is 14.1. The Morgan fingerprint density at radius 1 is 0.894 bits per heavy atom. The third-order valence-electron chi connectivity index (χ3n) is 16.4. The number of hydrogen-bond acceptors (Lipinski definition) is 24. The van der Waals surface area contributed by atoms with E-state index in [1.807, 2.05) is 0 Å². The van der Waals surface area contributed by atoms with Crippen LogP contribution in [0.25, 0.3) is 16.5 Å². The highest BCUT2D eigenvalue weighted by Crippen LogP contribution is 2.53. The monoisotopic (exact) mass is 1320 g/mol. The predicted octanol–water partition coefficient (Wildman–Crippen LogP) is 4.74. The molecule has 6 aromatic carbocycles. The van der Waals surface area contributed by atoms with Crippen LogP contribution in [0, 0.1) is 10.1 Å². The van der Waals surface area contributed by atoms with Crippen molar-refractivity contribution < 1.29 is 101 Å². The molecule has 3 unspecified atom stereocenters. The summed E-state index contributed by atoms with van der Waals surface area (Å²) in [5.74, 6) is -5.30. The second kappa shape index (κ2) is 27.6. The highest BCUT2D eigenvalue weighted by atomic mass is 32.2. The lowest BCUT2D eigenvalue weighted by Crippen LogP contribution is -2.56. The van der Waals surface area contributed by atoms with Gasteiger partial charge in [0.15, 0.2) is 29.4 Å². The molecule has 7 atom stereocenters. The number of amides is 3. The Morgan fingerprint density at radius 2 is 1.61 bits per heavy atom. The molecule has 0 spiro atoms. The van der Waals surface area contributed by atoms with Gasteiger partial charge in [0.25, 0.3) is 21.7 Å². The maximum atomic E-state index is 14.1. The van der Waals surface area contributed by atoms with Gasteiger partial charge in [0.1, 0.15) is 52.3 Å². The third-order valence-corrected chi connectivity index (χ3v) is 17.3. The van der Waals surface area contributed by atoms with Crippen molar-refractivity contribution in [3.8, 4) is 34.4 Å². The lowest BCUT2D eigenvalue weighted by atomic mass is 9.72. The number of methoxy groups -OCH3 is 2. The number of benzene rings is 6. The zero-order chi connectivity index (χ0) is 67.5. The van der Waals surface area contributed by atoms with Gasteiger partial charge in [0.05, 0.1) is 90.7 Å². The van der Waals surface area contributed by atoms with Crippen LogP contribution in [0.4, 0.5) is 16.2 Å². The average Bonchev–Trinajstić information content (AvgIpc) is 0.786. The summed E-state index contributed by atoms with van der Waals surface area (Å²) in [4.78, 5) is 92.1. The first-order valence-corrected chi connectivity index (χ1v) is 30.8. The summed E-state index contributed by atoms with van der Waals surface area (Å²) < 4.78 is 69.3. The molecule has 7 aromatic rings. The van der Waals surface area contributed by atoms with E-state index in [2.05, 4.69) is 31.6 Å². The second-order valence-electron chi connectivity index (χ2n) is 22.4. The first-order valence-electron chi connectivity index (χ1n) is 29.3. The minimum atomic E-state index is -4.44. The van der Waals surface area contributed by atoms with E-state index in [0.29, 0.717) is 39.9 Å². The van der Waals surface area contributed by atoms with Gasteiger partial charge >= 0.3 is 6.09 Å². The highest BCUT2D eigenvalue weighted by Gasteiger charge is 2.51. The quantitative estimate of drug-likeness (QED) is 0.0128. The first kappa shape index (κ1) is 66.8. The molecule has 1 saturated heterocycles. The van der Waals surface area contributed by atoms with Crippen LogP contribution in [0.15, 0.2) is 102 Å². The maximum Gasteiger partial charge on any atom is 0.408 e. The minimum Gasteiger partial charge on any atom is -0.507 e. The number of fused-ring (bicyclic) bond motifs is 4. The molecule has 30 nitrogen and oxygen atoms in total. The number of nitro groups is 1. The molecule has 94 heavy (non-hydrogen) atoms. The number of aromatic nitrogens is 3. The van der Waals surface area contributed by atoms with Gasteiger partial charge in [-0.2, -0.15) is 8.42 Å². The number of alkyl carbamates (subject to hydrolysis) is 1. The van der Waals surface area contributed by atoms with E-state index in [9.17, 15) is 77.4 Å². The molecule has 1 aliphatic heterocycles. The molecule has 2 heterocycles. The molecule has 31 heteroatoms. The minimum absolute atomic E-state index is 0.000994. The van der Waals surface area contributed by atoms with Crippen LogP contribution in [-0.2, 0) is 46.9 Å². The number of nitrogens with zero attached hydrogens (tertiary/aromatic N) is 4. The Balaban J connectivity index is 0.706. The van der Waals surface area contributed by atoms with Gasteiger partial charge in [0, 0.05) is 77.5 Å². The summed E-state index contributed by atoms with van der Waals surface area (Å²) in [6.45, 7) is 2.06. The summed E-state index contributed by atoms with van der Waals surface area (Å²) in [7, 11) is -1.89. The smallest absolute Gasteiger partial charge is 0.408 e. The van der Waals surface area contributed by atoms with E-state index in [-0.39, 0.29) is 101 Å². The number of nitrogens with one attached hydrogen (secondary N) is 4. The number of Topliss-reactive ketones (excluding diaryl/α,β-unsaturated/α-hetero) is 1. The van der Waals surface area contributed by atoms with Crippen molar-refractivity contribution in [1.29, 1.82) is 0 Å². The van der Waals surface area contributed by atoms with Gasteiger partial charge in [-0.15, -0.1) is 5.10 Å². The fraction of sp³-hybridized carbons (Fsp3) is 0.333. The molecule has 10 N–H and O–H groups in total. The molecule has 2 aliphatic carbocycles. The Morgan fingerprint density at radius 3 is 2.32 bits per heavy atom. The summed E-state index contributed by atoms with van der Waals surface area (Å²) >= 11 is 0. The van der Waals surface area contributed by atoms with Crippen LogP contribution >= 0.6 is 0 Å². The van der Waals surface area contributed by atoms with E-state index in [1.165, 1.54) is 69.1 Å². The van der Waals surface area contributed by atoms with Crippen molar-refractivity contribution in [2.75, 3.05) is 45.8 Å². The number of aliphatic hydroxyl groups is 3. The van der Waals surface area contributed by atoms with Crippen LogP contribution in [0.5, 0.6) is 28.7 Å². The number of phenols is 2.